The van der Waals surface area contributed by atoms with Gasteiger partial charge in [0, 0.05) is 31.0 Å². The maximum absolute atomic E-state index is 12.0. The highest BCUT2D eigenvalue weighted by Gasteiger charge is 2.16. The van der Waals surface area contributed by atoms with Gasteiger partial charge in [0.25, 0.3) is 0 Å². The van der Waals surface area contributed by atoms with Crippen molar-refractivity contribution < 1.29 is 4.79 Å². The van der Waals surface area contributed by atoms with Gasteiger partial charge in [-0.15, -0.1) is 0 Å². The van der Waals surface area contributed by atoms with Gasteiger partial charge in [-0.1, -0.05) is 35.3 Å². The Kier molecular flexibility index (Phi) is 5.22. The van der Waals surface area contributed by atoms with Crippen LogP contribution >= 0.6 is 35.0 Å². The van der Waals surface area contributed by atoms with E-state index in [1.807, 2.05) is 28.8 Å². The van der Waals surface area contributed by atoms with Crippen molar-refractivity contribution in [3.63, 3.8) is 0 Å². The van der Waals surface area contributed by atoms with Crippen LogP contribution in [-0.4, -0.2) is 35.4 Å². The molecule has 18 heavy (non-hydrogen) atoms. The van der Waals surface area contributed by atoms with E-state index in [4.69, 9.17) is 23.2 Å². The van der Waals surface area contributed by atoms with Crippen LogP contribution in [-0.2, 0) is 11.2 Å². The average Bonchev–Trinajstić information content (AvgIpc) is 2.41. The maximum Gasteiger partial charge on any atom is 0.222 e. The van der Waals surface area contributed by atoms with Crippen molar-refractivity contribution >= 4 is 40.9 Å². The highest BCUT2D eigenvalue weighted by atomic mass is 35.5. The van der Waals surface area contributed by atoms with E-state index in [9.17, 15) is 4.79 Å². The van der Waals surface area contributed by atoms with E-state index in [0.29, 0.717) is 22.9 Å². The minimum atomic E-state index is 0.214. The molecule has 0 saturated carbocycles. The number of carbonyl (C=O) groups excluding carboxylic acids is 1. The van der Waals surface area contributed by atoms with Crippen LogP contribution in [0.5, 0.6) is 0 Å². The zero-order valence-corrected chi connectivity index (χ0v) is 12.3. The highest BCUT2D eigenvalue weighted by Crippen LogP contribution is 2.26. The number of aryl methyl sites for hydroxylation is 1. The Morgan fingerprint density at radius 2 is 2.00 bits per heavy atom. The summed E-state index contributed by atoms with van der Waals surface area (Å²) < 4.78 is 0. The first-order valence-electron chi connectivity index (χ1n) is 5.97. The van der Waals surface area contributed by atoms with Crippen LogP contribution in [0.3, 0.4) is 0 Å². The number of nitrogens with zero attached hydrogens (tertiary/aromatic N) is 1. The van der Waals surface area contributed by atoms with Crippen molar-refractivity contribution in [3.05, 3.63) is 33.8 Å². The van der Waals surface area contributed by atoms with Crippen molar-refractivity contribution in [3.8, 4) is 0 Å². The van der Waals surface area contributed by atoms with Gasteiger partial charge in [-0.25, -0.2) is 0 Å². The lowest BCUT2D eigenvalue weighted by Crippen LogP contribution is -2.37. The van der Waals surface area contributed by atoms with Gasteiger partial charge >= 0.3 is 0 Å². The number of rotatable bonds is 3. The molecule has 0 atom stereocenters. The summed E-state index contributed by atoms with van der Waals surface area (Å²) in [6, 6.07) is 5.55. The Morgan fingerprint density at radius 3 is 2.72 bits per heavy atom. The lowest BCUT2D eigenvalue weighted by atomic mass is 10.1. The van der Waals surface area contributed by atoms with Gasteiger partial charge in [0.15, 0.2) is 0 Å². The molecule has 1 heterocycles. The third kappa shape index (κ3) is 3.56. The van der Waals surface area contributed by atoms with E-state index < -0.39 is 0 Å². The Balaban J connectivity index is 1.90. The van der Waals surface area contributed by atoms with Gasteiger partial charge in [-0.3, -0.25) is 4.79 Å². The van der Waals surface area contributed by atoms with Crippen LogP contribution in [0.2, 0.25) is 10.0 Å². The molecule has 2 rings (SSSR count). The number of thioether (sulfide) groups is 1. The number of carbonyl (C=O) groups is 1. The summed E-state index contributed by atoms with van der Waals surface area (Å²) in [6.07, 6.45) is 1.16. The fraction of sp³-hybridized carbons (Fsp3) is 0.462. The Hall–Kier alpha value is -0.380. The van der Waals surface area contributed by atoms with Crippen LogP contribution in [0.25, 0.3) is 0 Å². The topological polar surface area (TPSA) is 20.3 Å². The van der Waals surface area contributed by atoms with Gasteiger partial charge in [0.05, 0.1) is 10.0 Å². The molecule has 1 amide bonds. The number of halogens is 2. The smallest absolute Gasteiger partial charge is 0.222 e. The molecule has 0 radical (unpaired) electrons. The molecule has 1 aliphatic rings. The molecule has 0 aromatic heterocycles. The molecule has 1 aromatic rings. The lowest BCUT2D eigenvalue weighted by Gasteiger charge is -2.26. The molecule has 2 nitrogen and oxygen atoms in total. The van der Waals surface area contributed by atoms with Crippen LogP contribution < -0.4 is 0 Å². The fourth-order valence-corrected chi connectivity index (χ4v) is 3.27. The second kappa shape index (κ2) is 6.69. The first-order valence-corrected chi connectivity index (χ1v) is 7.88. The molecule has 0 bridgehead atoms. The number of benzene rings is 1. The summed E-state index contributed by atoms with van der Waals surface area (Å²) >= 11 is 14.0. The fourth-order valence-electron chi connectivity index (χ4n) is 1.95. The quantitative estimate of drug-likeness (QED) is 0.852. The molecule has 5 heteroatoms. The molecular weight excluding hydrogens is 289 g/mol. The molecule has 1 aromatic carbocycles. The van der Waals surface area contributed by atoms with Crippen molar-refractivity contribution in [1.29, 1.82) is 0 Å². The maximum atomic E-state index is 12.0. The van der Waals surface area contributed by atoms with E-state index in [-0.39, 0.29) is 5.91 Å². The third-order valence-corrected chi connectivity index (χ3v) is 4.80. The van der Waals surface area contributed by atoms with E-state index in [1.165, 1.54) is 0 Å². The number of hydrogen-bond acceptors (Lipinski definition) is 2. The SMILES string of the molecule is O=C(CCc1cccc(Cl)c1Cl)N1CCSCC1. The predicted octanol–water partition coefficient (Wildman–Crippen LogP) is 3.50. The summed E-state index contributed by atoms with van der Waals surface area (Å²) in [7, 11) is 0. The summed E-state index contributed by atoms with van der Waals surface area (Å²) in [5.74, 6) is 2.30. The van der Waals surface area contributed by atoms with E-state index in [1.54, 1.807) is 6.07 Å². The molecule has 0 unspecified atom stereocenters. The Morgan fingerprint density at radius 1 is 1.28 bits per heavy atom. The summed E-state index contributed by atoms with van der Waals surface area (Å²) in [4.78, 5) is 13.9. The molecule has 0 aliphatic carbocycles. The third-order valence-electron chi connectivity index (χ3n) is 3.00. The monoisotopic (exact) mass is 303 g/mol. The van der Waals surface area contributed by atoms with Crippen molar-refractivity contribution in [2.45, 2.75) is 12.8 Å². The number of hydrogen-bond donors (Lipinski definition) is 0. The van der Waals surface area contributed by atoms with E-state index in [2.05, 4.69) is 0 Å². The van der Waals surface area contributed by atoms with Crippen molar-refractivity contribution in [1.82, 2.24) is 4.90 Å². The average molecular weight is 304 g/mol. The molecule has 1 aliphatic heterocycles. The van der Waals surface area contributed by atoms with Gasteiger partial charge in [0.2, 0.25) is 5.91 Å². The van der Waals surface area contributed by atoms with Gasteiger partial charge in [0.1, 0.15) is 0 Å². The van der Waals surface area contributed by atoms with E-state index >= 15 is 0 Å². The molecule has 1 fully saturated rings. The number of amides is 1. The van der Waals surface area contributed by atoms with E-state index in [0.717, 1.165) is 30.2 Å². The minimum absolute atomic E-state index is 0.214. The highest BCUT2D eigenvalue weighted by molar-refractivity contribution is 7.99. The molecule has 1 saturated heterocycles. The largest absolute Gasteiger partial charge is 0.341 e. The van der Waals surface area contributed by atoms with Crippen LogP contribution in [0.4, 0.5) is 0 Å². The van der Waals surface area contributed by atoms with Crippen LogP contribution in [0, 0.1) is 0 Å². The standard InChI is InChI=1S/C13H15Cl2NOS/c14-11-3-1-2-10(13(11)15)4-5-12(17)16-6-8-18-9-7-16/h1-3H,4-9H2. The van der Waals surface area contributed by atoms with Crippen molar-refractivity contribution in [2.75, 3.05) is 24.6 Å². The van der Waals surface area contributed by atoms with Gasteiger partial charge in [-0.05, 0) is 18.1 Å². The lowest BCUT2D eigenvalue weighted by molar-refractivity contribution is -0.130. The van der Waals surface area contributed by atoms with Crippen LogP contribution in [0.15, 0.2) is 18.2 Å². The van der Waals surface area contributed by atoms with Gasteiger partial charge in [-0.2, -0.15) is 11.8 Å². The normalized spacial score (nSPS) is 15.8. The summed E-state index contributed by atoms with van der Waals surface area (Å²) in [5, 5.41) is 1.12. The summed E-state index contributed by atoms with van der Waals surface area (Å²) in [5.41, 5.74) is 0.948. The minimum Gasteiger partial charge on any atom is -0.341 e. The first-order chi connectivity index (χ1) is 8.68. The second-order valence-corrected chi connectivity index (χ2v) is 6.22. The summed E-state index contributed by atoms with van der Waals surface area (Å²) in [6.45, 7) is 1.74. The van der Waals surface area contributed by atoms with Gasteiger partial charge < -0.3 is 4.90 Å². The molecule has 0 spiro atoms. The second-order valence-electron chi connectivity index (χ2n) is 4.21. The molecular formula is C13H15Cl2NOS. The molecule has 0 N–H and O–H groups in total. The zero-order chi connectivity index (χ0) is 13.0. The predicted molar refractivity (Wildman–Crippen MR) is 78.7 cm³/mol. The van der Waals surface area contributed by atoms with Crippen molar-refractivity contribution in [2.24, 2.45) is 0 Å². The van der Waals surface area contributed by atoms with Crippen LogP contribution in [0.1, 0.15) is 12.0 Å². The molecule has 98 valence electrons. The Bertz CT molecular complexity index is 433. The zero-order valence-electron chi connectivity index (χ0n) is 9.99. The Labute approximate surface area is 122 Å². The first kappa shape index (κ1) is 14.0.